The number of rotatable bonds is 7. The summed E-state index contributed by atoms with van der Waals surface area (Å²) in [7, 11) is 0. The van der Waals surface area contributed by atoms with Crippen LogP contribution in [0.5, 0.6) is 11.5 Å². The molecule has 0 radical (unpaired) electrons. The van der Waals surface area contributed by atoms with Crippen molar-refractivity contribution in [2.24, 2.45) is 0 Å². The van der Waals surface area contributed by atoms with E-state index in [-0.39, 0.29) is 11.9 Å². The number of hydrogen-bond acceptors (Lipinski definition) is 4. The van der Waals surface area contributed by atoms with E-state index in [2.05, 4.69) is 41.6 Å². The minimum Gasteiger partial charge on any atom is -0.493 e. The third kappa shape index (κ3) is 4.13. The molecule has 27 heavy (non-hydrogen) atoms. The van der Waals surface area contributed by atoms with Crippen LogP contribution >= 0.6 is 15.9 Å². The number of halogens is 1. The zero-order valence-corrected chi connectivity index (χ0v) is 17.7. The van der Waals surface area contributed by atoms with Gasteiger partial charge >= 0.3 is 5.97 Å². The van der Waals surface area contributed by atoms with Crippen LogP contribution < -0.4 is 14.4 Å². The van der Waals surface area contributed by atoms with Gasteiger partial charge in [-0.3, -0.25) is 0 Å². The van der Waals surface area contributed by atoms with Crippen molar-refractivity contribution in [3.63, 3.8) is 0 Å². The van der Waals surface area contributed by atoms with Crippen molar-refractivity contribution in [1.29, 1.82) is 0 Å². The Labute approximate surface area is 169 Å². The molecule has 1 heterocycles. The Morgan fingerprint density at radius 3 is 2.67 bits per heavy atom. The zero-order valence-electron chi connectivity index (χ0n) is 16.1. The number of hydrogen-bond donors (Lipinski definition) is 0. The van der Waals surface area contributed by atoms with Gasteiger partial charge in [-0.15, -0.1) is 0 Å². The first-order valence-corrected chi connectivity index (χ1v) is 10.4. The molecule has 1 unspecified atom stereocenters. The highest BCUT2D eigenvalue weighted by molar-refractivity contribution is 9.10. The quantitative estimate of drug-likeness (QED) is 0.315. The lowest BCUT2D eigenvalue weighted by atomic mass is 9.96. The van der Waals surface area contributed by atoms with Gasteiger partial charge in [0, 0.05) is 23.5 Å². The van der Waals surface area contributed by atoms with Gasteiger partial charge in [-0.05, 0) is 53.0 Å². The number of anilines is 1. The minimum absolute atomic E-state index is 0.226. The van der Waals surface area contributed by atoms with Gasteiger partial charge in [0.2, 0.25) is 0 Å². The molecule has 0 aliphatic carbocycles. The fraction of sp³-hybridized carbons (Fsp3) is 0.409. The topological polar surface area (TPSA) is 38.8 Å². The van der Waals surface area contributed by atoms with Crippen LogP contribution in [0.25, 0.3) is 0 Å². The van der Waals surface area contributed by atoms with Crippen LogP contribution in [0.15, 0.2) is 40.9 Å². The number of para-hydroxylation sites is 1. The van der Waals surface area contributed by atoms with Gasteiger partial charge in [-0.1, -0.05) is 38.5 Å². The minimum atomic E-state index is -0.360. The number of carbonyl (C=O) groups is 1. The molecule has 0 amide bonds. The van der Waals surface area contributed by atoms with Crippen molar-refractivity contribution in [1.82, 2.24) is 0 Å². The Bertz CT molecular complexity index is 807. The van der Waals surface area contributed by atoms with Gasteiger partial charge in [0.05, 0.1) is 12.3 Å². The summed E-state index contributed by atoms with van der Waals surface area (Å²) in [5, 5.41) is 0. The predicted octanol–water partition coefficient (Wildman–Crippen LogP) is 5.79. The maximum atomic E-state index is 13.1. The molecule has 1 aliphatic rings. The molecule has 0 bridgehead atoms. The van der Waals surface area contributed by atoms with Crippen LogP contribution in [0, 0.1) is 0 Å². The van der Waals surface area contributed by atoms with E-state index in [0.29, 0.717) is 23.7 Å². The monoisotopic (exact) mass is 431 g/mol. The number of ether oxygens (including phenoxy) is 2. The molecule has 0 saturated heterocycles. The first kappa shape index (κ1) is 19.7. The average Bonchev–Trinajstić information content (AvgIpc) is 3.00. The van der Waals surface area contributed by atoms with E-state index in [0.717, 1.165) is 41.7 Å². The summed E-state index contributed by atoms with van der Waals surface area (Å²) in [6.07, 6.45) is 1.98. The second kappa shape index (κ2) is 8.79. The van der Waals surface area contributed by atoms with Crippen LogP contribution in [0.2, 0.25) is 0 Å². The molecule has 1 atom stereocenters. The smallest absolute Gasteiger partial charge is 0.347 e. The molecule has 0 saturated carbocycles. The lowest BCUT2D eigenvalue weighted by molar-refractivity contribution is 0.0728. The fourth-order valence-electron chi connectivity index (χ4n) is 3.53. The first-order chi connectivity index (χ1) is 13.1. The van der Waals surface area contributed by atoms with E-state index in [1.807, 2.05) is 24.3 Å². The number of fused-ring (bicyclic) bond motifs is 1. The van der Waals surface area contributed by atoms with Crippen LogP contribution in [0.1, 0.15) is 55.5 Å². The van der Waals surface area contributed by atoms with Gasteiger partial charge in [0.1, 0.15) is 17.1 Å². The van der Waals surface area contributed by atoms with E-state index < -0.39 is 0 Å². The maximum Gasteiger partial charge on any atom is 0.347 e. The molecule has 4 nitrogen and oxygen atoms in total. The fourth-order valence-corrected chi connectivity index (χ4v) is 4.21. The molecule has 144 valence electrons. The first-order valence-electron chi connectivity index (χ1n) is 9.58. The number of carbonyl (C=O) groups excluding carboxylic acids is 1. The van der Waals surface area contributed by atoms with Crippen molar-refractivity contribution in [3.05, 3.63) is 52.0 Å². The van der Waals surface area contributed by atoms with E-state index in [1.165, 1.54) is 0 Å². The van der Waals surface area contributed by atoms with Crippen molar-refractivity contribution >= 4 is 27.6 Å². The van der Waals surface area contributed by atoms with Gasteiger partial charge < -0.3 is 14.4 Å². The number of likely N-dealkylation sites (N-methyl/N-ethyl adjacent to an activating group) is 1. The standard InChI is InChI=1S/C22H26BrNO3/c1-4-6-12-26-18-13-17(23)21-19(15(3)14-24(21)5-2)20(18)22(25)27-16-10-8-7-9-11-16/h7-11,13,15H,4-6,12,14H2,1-3H3. The predicted molar refractivity (Wildman–Crippen MR) is 112 cm³/mol. The summed E-state index contributed by atoms with van der Waals surface area (Å²) in [4.78, 5) is 15.4. The van der Waals surface area contributed by atoms with Gasteiger partial charge in [0.15, 0.2) is 0 Å². The van der Waals surface area contributed by atoms with Gasteiger partial charge in [-0.2, -0.15) is 0 Å². The molecular weight excluding hydrogens is 406 g/mol. The summed E-state index contributed by atoms with van der Waals surface area (Å²) in [5.74, 6) is 1.00. The van der Waals surface area contributed by atoms with Gasteiger partial charge in [0.25, 0.3) is 0 Å². The highest BCUT2D eigenvalue weighted by Gasteiger charge is 2.35. The third-order valence-corrected chi connectivity index (χ3v) is 5.46. The summed E-state index contributed by atoms with van der Waals surface area (Å²) in [6, 6.07) is 11.1. The summed E-state index contributed by atoms with van der Waals surface area (Å²) >= 11 is 3.69. The molecule has 0 N–H and O–H groups in total. The number of esters is 1. The molecule has 2 aromatic carbocycles. The lowest BCUT2D eigenvalue weighted by Gasteiger charge is -2.21. The zero-order chi connectivity index (χ0) is 19.4. The van der Waals surface area contributed by atoms with Crippen molar-refractivity contribution in [2.45, 2.75) is 39.5 Å². The Morgan fingerprint density at radius 1 is 1.26 bits per heavy atom. The highest BCUT2D eigenvalue weighted by Crippen LogP contribution is 2.47. The van der Waals surface area contributed by atoms with Crippen molar-refractivity contribution < 1.29 is 14.3 Å². The number of unbranched alkanes of at least 4 members (excludes halogenated alkanes) is 1. The Kier molecular flexibility index (Phi) is 6.42. The van der Waals surface area contributed by atoms with E-state index in [4.69, 9.17) is 9.47 Å². The van der Waals surface area contributed by atoms with Crippen LogP contribution in [0.3, 0.4) is 0 Å². The average molecular weight is 432 g/mol. The molecule has 2 aromatic rings. The Hall–Kier alpha value is -2.01. The van der Waals surface area contributed by atoms with Gasteiger partial charge in [-0.25, -0.2) is 4.79 Å². The Morgan fingerprint density at radius 2 is 2.00 bits per heavy atom. The van der Waals surface area contributed by atoms with Crippen LogP contribution in [0.4, 0.5) is 5.69 Å². The summed E-state index contributed by atoms with van der Waals surface area (Å²) in [5.41, 5.74) is 2.64. The summed E-state index contributed by atoms with van der Waals surface area (Å²) in [6.45, 7) is 8.75. The molecule has 0 aromatic heterocycles. The molecule has 1 aliphatic heterocycles. The molecule has 0 spiro atoms. The van der Waals surface area contributed by atoms with Crippen LogP contribution in [-0.4, -0.2) is 25.7 Å². The molecule has 0 fully saturated rings. The largest absolute Gasteiger partial charge is 0.493 e. The Balaban J connectivity index is 2.05. The maximum absolute atomic E-state index is 13.1. The number of benzene rings is 2. The van der Waals surface area contributed by atoms with Crippen molar-refractivity contribution in [3.8, 4) is 11.5 Å². The highest BCUT2D eigenvalue weighted by atomic mass is 79.9. The SMILES string of the molecule is CCCCOc1cc(Br)c2c(c1C(=O)Oc1ccccc1)C(C)CN2CC. The summed E-state index contributed by atoms with van der Waals surface area (Å²) < 4.78 is 12.7. The normalized spacial score (nSPS) is 15.6. The van der Waals surface area contributed by atoms with Crippen molar-refractivity contribution in [2.75, 3.05) is 24.6 Å². The number of nitrogens with zero attached hydrogens (tertiary/aromatic N) is 1. The second-order valence-corrected chi connectivity index (χ2v) is 7.69. The second-order valence-electron chi connectivity index (χ2n) is 6.84. The molecule has 5 heteroatoms. The van der Waals surface area contributed by atoms with E-state index in [9.17, 15) is 4.79 Å². The third-order valence-electron chi connectivity index (χ3n) is 4.85. The molecular formula is C22H26BrNO3. The van der Waals surface area contributed by atoms with Crippen LogP contribution in [-0.2, 0) is 0 Å². The van der Waals surface area contributed by atoms with E-state index in [1.54, 1.807) is 12.1 Å². The lowest BCUT2D eigenvalue weighted by Crippen LogP contribution is -2.20. The van der Waals surface area contributed by atoms with E-state index >= 15 is 0 Å². The molecule has 3 rings (SSSR count).